The Balaban J connectivity index is 3.12. The molecule has 0 saturated heterocycles. The van der Waals surface area contributed by atoms with E-state index in [0.717, 1.165) is 5.12 Å². The van der Waals surface area contributed by atoms with Crippen molar-refractivity contribution in [2.45, 2.75) is 0 Å². The van der Waals surface area contributed by atoms with Gasteiger partial charge in [-0.25, -0.2) is 16.8 Å². The van der Waals surface area contributed by atoms with Gasteiger partial charge in [-0.1, -0.05) is 12.1 Å². The van der Waals surface area contributed by atoms with E-state index < -0.39 is 0 Å². The molecular weight excluding hydrogens is 140 g/mol. The molecule has 4 nitrogen and oxygen atoms in total. The molecule has 58 valence electrons. The molecule has 1 rings (SSSR count). The Bertz CT molecular complexity index is 256. The molecule has 0 aliphatic carbocycles. The summed E-state index contributed by atoms with van der Waals surface area (Å²) in [7, 11) is 0. The zero-order chi connectivity index (χ0) is 8.27. The summed E-state index contributed by atoms with van der Waals surface area (Å²) in [4.78, 5) is 3.74. The third-order valence-electron chi connectivity index (χ3n) is 1.33. The average Bonchev–Trinajstić information content (AvgIpc) is 2.04. The highest BCUT2D eigenvalue weighted by molar-refractivity contribution is 5.67. The Hall–Kier alpha value is -1.39. The Morgan fingerprint density at radius 3 is 2.36 bits per heavy atom. The summed E-state index contributed by atoms with van der Waals surface area (Å²) in [5.74, 6) is 10.6. The van der Waals surface area contributed by atoms with Crippen molar-refractivity contribution < 1.29 is 0 Å². The molecule has 0 aliphatic heterocycles. The summed E-state index contributed by atoms with van der Waals surface area (Å²) in [6.45, 7) is 3.39. The topological polar surface area (TPSA) is 67.6 Å². The number of para-hydroxylation sites is 2. The molecule has 0 spiro atoms. The van der Waals surface area contributed by atoms with Crippen LogP contribution in [-0.2, 0) is 0 Å². The minimum absolute atomic E-state index is 0.655. The number of hydrazine groups is 2. The van der Waals surface area contributed by atoms with E-state index >= 15 is 0 Å². The lowest BCUT2D eigenvalue weighted by atomic mass is 10.3. The van der Waals surface area contributed by atoms with E-state index in [1.54, 1.807) is 12.1 Å². The first-order valence-electron chi connectivity index (χ1n) is 3.11. The number of rotatable bonds is 2. The summed E-state index contributed by atoms with van der Waals surface area (Å²) >= 11 is 0. The first-order chi connectivity index (χ1) is 5.25. The van der Waals surface area contributed by atoms with Crippen LogP contribution in [-0.4, -0.2) is 6.72 Å². The molecule has 0 amide bonds. The second kappa shape index (κ2) is 3.14. The summed E-state index contributed by atoms with van der Waals surface area (Å²) in [5, 5.41) is 1.02. The maximum Gasteiger partial charge on any atom is 0.0953 e. The number of aliphatic imine (C=N–C) groups is 1. The summed E-state index contributed by atoms with van der Waals surface area (Å²) in [5.41, 5.74) is 1.33. The second-order valence-electron chi connectivity index (χ2n) is 2.05. The third kappa shape index (κ3) is 1.54. The molecule has 0 aliphatic rings. The van der Waals surface area contributed by atoms with Crippen molar-refractivity contribution in [3.8, 4) is 0 Å². The van der Waals surface area contributed by atoms with Crippen molar-refractivity contribution >= 4 is 18.1 Å². The lowest BCUT2D eigenvalue weighted by Gasteiger charge is -2.12. The van der Waals surface area contributed by atoms with Crippen LogP contribution in [0.3, 0.4) is 0 Å². The van der Waals surface area contributed by atoms with Crippen LogP contribution in [0.2, 0.25) is 0 Å². The van der Waals surface area contributed by atoms with Crippen LogP contribution in [0.1, 0.15) is 0 Å². The van der Waals surface area contributed by atoms with Gasteiger partial charge in [-0.05, 0) is 18.9 Å². The number of nitrogens with two attached hydrogens (primary N) is 2. The van der Waals surface area contributed by atoms with E-state index in [1.807, 2.05) is 12.1 Å². The minimum Gasteiger partial charge on any atom is -0.262 e. The predicted molar refractivity (Wildman–Crippen MR) is 46.5 cm³/mol. The highest BCUT2D eigenvalue weighted by Gasteiger charge is 2.00. The van der Waals surface area contributed by atoms with Crippen molar-refractivity contribution in [3.63, 3.8) is 0 Å². The summed E-state index contributed by atoms with van der Waals surface area (Å²) in [6.07, 6.45) is 0. The van der Waals surface area contributed by atoms with E-state index in [2.05, 4.69) is 11.7 Å². The average molecular weight is 150 g/mol. The van der Waals surface area contributed by atoms with Gasteiger partial charge < -0.3 is 0 Å². The molecule has 0 radical (unpaired) electrons. The van der Waals surface area contributed by atoms with Crippen LogP contribution >= 0.6 is 0 Å². The second-order valence-corrected chi connectivity index (χ2v) is 2.05. The van der Waals surface area contributed by atoms with E-state index in [1.165, 1.54) is 0 Å². The number of hydrogen-bond acceptors (Lipinski definition) is 4. The molecule has 0 bridgehead atoms. The van der Waals surface area contributed by atoms with Gasteiger partial charge in [0.25, 0.3) is 0 Å². The fourth-order valence-electron chi connectivity index (χ4n) is 0.816. The van der Waals surface area contributed by atoms with Crippen LogP contribution in [0.5, 0.6) is 0 Å². The molecule has 1 aromatic carbocycles. The van der Waals surface area contributed by atoms with Gasteiger partial charge in [0.1, 0.15) is 0 Å². The number of hydrogen-bond donors (Lipinski definition) is 2. The van der Waals surface area contributed by atoms with Crippen molar-refractivity contribution in [1.29, 1.82) is 0 Å². The van der Waals surface area contributed by atoms with Crippen molar-refractivity contribution in [2.24, 2.45) is 16.7 Å². The van der Waals surface area contributed by atoms with Gasteiger partial charge in [-0.3, -0.25) is 4.99 Å². The van der Waals surface area contributed by atoms with Gasteiger partial charge in [-0.2, -0.15) is 0 Å². The highest BCUT2D eigenvalue weighted by Crippen LogP contribution is 2.23. The molecule has 4 heteroatoms. The van der Waals surface area contributed by atoms with Crippen molar-refractivity contribution in [1.82, 2.24) is 0 Å². The zero-order valence-corrected chi connectivity index (χ0v) is 6.07. The maximum absolute atomic E-state index is 5.31. The van der Waals surface area contributed by atoms with Gasteiger partial charge in [0.2, 0.25) is 0 Å². The Morgan fingerprint density at radius 1 is 1.27 bits per heavy atom. The summed E-state index contributed by atoms with van der Waals surface area (Å²) < 4.78 is 0. The number of anilines is 1. The molecule has 4 N–H and O–H groups in total. The van der Waals surface area contributed by atoms with Crippen molar-refractivity contribution in [2.75, 3.05) is 5.12 Å². The quantitative estimate of drug-likeness (QED) is 0.368. The van der Waals surface area contributed by atoms with E-state index in [4.69, 9.17) is 11.7 Å². The lowest BCUT2D eigenvalue weighted by Crippen LogP contribution is -2.37. The van der Waals surface area contributed by atoms with Crippen LogP contribution in [0, 0.1) is 0 Å². The van der Waals surface area contributed by atoms with Gasteiger partial charge in [0.05, 0.1) is 11.4 Å². The Labute approximate surface area is 65.1 Å². The van der Waals surface area contributed by atoms with E-state index in [0.29, 0.717) is 11.4 Å². The van der Waals surface area contributed by atoms with Crippen LogP contribution in [0.15, 0.2) is 29.3 Å². The SMILES string of the molecule is C=Nc1ccccc1N(N)N. The molecule has 0 unspecified atom stereocenters. The number of benzene rings is 1. The third-order valence-corrected chi connectivity index (χ3v) is 1.33. The van der Waals surface area contributed by atoms with E-state index in [-0.39, 0.29) is 0 Å². The van der Waals surface area contributed by atoms with Gasteiger partial charge in [0, 0.05) is 0 Å². The normalized spacial score (nSPS) is 9.27. The lowest BCUT2D eigenvalue weighted by molar-refractivity contribution is 0.925. The highest BCUT2D eigenvalue weighted by atomic mass is 15.6. The first-order valence-corrected chi connectivity index (χ1v) is 3.11. The Kier molecular flexibility index (Phi) is 2.20. The fraction of sp³-hybridized carbons (Fsp3) is 0. The molecule has 1 aromatic rings. The van der Waals surface area contributed by atoms with Crippen LogP contribution in [0.4, 0.5) is 11.4 Å². The van der Waals surface area contributed by atoms with Crippen LogP contribution in [0.25, 0.3) is 0 Å². The monoisotopic (exact) mass is 150 g/mol. The standard InChI is InChI=1S/C7H10N4/c1-10-6-4-2-3-5-7(6)11(8)9/h2-5H,1,8-9H2. The number of nitrogens with zero attached hydrogens (tertiary/aromatic N) is 2. The molecule has 0 heterocycles. The first kappa shape index (κ1) is 7.71. The molecular formula is C7H10N4. The Morgan fingerprint density at radius 2 is 1.91 bits per heavy atom. The van der Waals surface area contributed by atoms with E-state index in [9.17, 15) is 0 Å². The predicted octanol–water partition coefficient (Wildman–Crippen LogP) is 0.573. The van der Waals surface area contributed by atoms with Crippen molar-refractivity contribution in [3.05, 3.63) is 24.3 Å². The van der Waals surface area contributed by atoms with Crippen LogP contribution < -0.4 is 16.8 Å². The molecule has 11 heavy (non-hydrogen) atoms. The fourth-order valence-corrected chi connectivity index (χ4v) is 0.816. The van der Waals surface area contributed by atoms with Gasteiger partial charge >= 0.3 is 0 Å². The van der Waals surface area contributed by atoms with Gasteiger partial charge in [-0.15, -0.1) is 0 Å². The summed E-state index contributed by atoms with van der Waals surface area (Å²) in [6, 6.07) is 7.23. The molecule has 0 aromatic heterocycles. The molecule has 0 atom stereocenters. The molecule has 0 fully saturated rings. The largest absolute Gasteiger partial charge is 0.262 e. The maximum atomic E-state index is 5.31. The zero-order valence-electron chi connectivity index (χ0n) is 6.07. The van der Waals surface area contributed by atoms with Gasteiger partial charge in [0.15, 0.2) is 0 Å². The smallest absolute Gasteiger partial charge is 0.0953 e. The minimum atomic E-state index is 0.655. The molecule has 0 saturated carbocycles.